The molecule has 0 aliphatic carbocycles. The number of aliphatic hydroxyl groups excluding tert-OH is 11. The minimum absolute atomic E-state index is 0.196. The second-order valence-electron chi connectivity index (χ2n) is 16.5. The van der Waals surface area contributed by atoms with Gasteiger partial charge in [-0.15, -0.1) is 0 Å². The highest BCUT2D eigenvalue weighted by molar-refractivity contribution is 5.76. The van der Waals surface area contributed by atoms with Gasteiger partial charge in [0.05, 0.1) is 38.6 Å². The number of carbonyl (C=O) groups is 1. The SMILES string of the molecule is CC/C=C\C/C=C\C/C=C\CCCCCC(=O)NC(COC1OC(CO)C(OC2OC(CO)C(OC3OC(CO)C(O)C(O)C3O)C(O)C2O)C(O)C1O)C(O)/C=C/CC/C=C/CCC. The van der Waals surface area contributed by atoms with E-state index in [-0.39, 0.29) is 18.9 Å². The molecule has 3 saturated heterocycles. The van der Waals surface area contributed by atoms with Gasteiger partial charge in [-0.1, -0.05) is 87.4 Å². The molecule has 0 saturated carbocycles. The van der Waals surface area contributed by atoms with E-state index in [0.717, 1.165) is 57.8 Å². The Bertz CT molecular complexity index is 1440. The highest BCUT2D eigenvalue weighted by atomic mass is 16.8. The molecule has 0 aromatic rings. The molecule has 374 valence electrons. The molecule has 0 bridgehead atoms. The number of ether oxygens (including phenoxy) is 6. The summed E-state index contributed by atoms with van der Waals surface area (Å²) in [5.41, 5.74) is 0. The fraction of sp³-hybridized carbons (Fsp3) is 0.761. The number of rotatable bonds is 29. The lowest BCUT2D eigenvalue weighted by atomic mass is 9.96. The summed E-state index contributed by atoms with van der Waals surface area (Å²) in [4.78, 5) is 13.1. The zero-order valence-corrected chi connectivity index (χ0v) is 37.7. The first-order chi connectivity index (χ1) is 31.3. The lowest BCUT2D eigenvalue weighted by Crippen LogP contribution is -2.66. The van der Waals surface area contributed by atoms with Crippen LogP contribution in [0.1, 0.15) is 90.9 Å². The van der Waals surface area contributed by atoms with E-state index in [2.05, 4.69) is 67.8 Å². The Hall–Kier alpha value is -2.51. The maximum Gasteiger partial charge on any atom is 0.220 e. The van der Waals surface area contributed by atoms with Gasteiger partial charge >= 0.3 is 0 Å². The number of hydrogen-bond donors (Lipinski definition) is 12. The molecule has 3 rings (SSSR count). The maximum absolute atomic E-state index is 13.1. The lowest BCUT2D eigenvalue weighted by Gasteiger charge is -2.48. The molecule has 17 unspecified atom stereocenters. The molecule has 1 amide bonds. The summed E-state index contributed by atoms with van der Waals surface area (Å²) in [6.45, 7) is 1.36. The first kappa shape index (κ1) is 56.8. The lowest BCUT2D eigenvalue weighted by molar-refractivity contribution is -0.379. The van der Waals surface area contributed by atoms with Crippen molar-refractivity contribution in [1.29, 1.82) is 0 Å². The Morgan fingerprint density at radius 2 is 1.08 bits per heavy atom. The van der Waals surface area contributed by atoms with Crippen LogP contribution in [0.5, 0.6) is 0 Å². The van der Waals surface area contributed by atoms with Crippen molar-refractivity contribution in [2.24, 2.45) is 0 Å². The summed E-state index contributed by atoms with van der Waals surface area (Å²) in [5.74, 6) is -0.326. The number of allylic oxidation sites excluding steroid dienone is 9. The predicted molar refractivity (Wildman–Crippen MR) is 235 cm³/mol. The summed E-state index contributed by atoms with van der Waals surface area (Å²) < 4.78 is 33.9. The van der Waals surface area contributed by atoms with Gasteiger partial charge in [-0.25, -0.2) is 0 Å². The van der Waals surface area contributed by atoms with E-state index in [1.807, 2.05) is 0 Å². The largest absolute Gasteiger partial charge is 0.394 e. The van der Waals surface area contributed by atoms with Gasteiger partial charge in [-0.2, -0.15) is 0 Å². The van der Waals surface area contributed by atoms with E-state index < -0.39 is 124 Å². The van der Waals surface area contributed by atoms with Crippen LogP contribution in [0.2, 0.25) is 0 Å². The van der Waals surface area contributed by atoms with Crippen molar-refractivity contribution in [3.63, 3.8) is 0 Å². The van der Waals surface area contributed by atoms with Crippen LogP contribution in [0.25, 0.3) is 0 Å². The number of hydrogen-bond acceptors (Lipinski definition) is 18. The van der Waals surface area contributed by atoms with E-state index in [0.29, 0.717) is 12.8 Å². The van der Waals surface area contributed by atoms with Crippen LogP contribution in [0.15, 0.2) is 60.8 Å². The second kappa shape index (κ2) is 31.5. The van der Waals surface area contributed by atoms with Gasteiger partial charge in [-0.3, -0.25) is 4.79 Å². The molecular weight excluding hydrogens is 854 g/mol. The zero-order chi connectivity index (χ0) is 47.7. The average Bonchev–Trinajstić information content (AvgIpc) is 3.30. The maximum atomic E-state index is 13.1. The number of carbonyl (C=O) groups excluding carboxylic acids is 1. The Balaban J connectivity index is 1.59. The normalized spacial score (nSPS) is 34.7. The van der Waals surface area contributed by atoms with Gasteiger partial charge in [-0.05, 0) is 57.8 Å². The fourth-order valence-corrected chi connectivity index (χ4v) is 7.40. The van der Waals surface area contributed by atoms with Gasteiger partial charge in [0.15, 0.2) is 18.9 Å². The van der Waals surface area contributed by atoms with Crippen LogP contribution >= 0.6 is 0 Å². The van der Waals surface area contributed by atoms with Crippen LogP contribution in [-0.2, 0) is 33.2 Å². The highest BCUT2D eigenvalue weighted by Gasteiger charge is 2.53. The third-order valence-corrected chi connectivity index (χ3v) is 11.3. The standard InChI is InChI=1S/C46H77NO18/c1-3-5-7-9-11-12-13-14-15-16-18-20-22-24-34(52)47-29(30(51)23-21-19-17-10-8-6-4-2)28-60-44-40(58)37(55)42(32(26-49)62-44)65-46-41(59)38(56)43(33(27-50)63-46)64-45-39(57)36(54)35(53)31(25-48)61-45/h5,7-8,10-12,14-15,21,23,29-33,35-46,48-51,53-59H,3-4,6,9,13,16-20,22,24-28H2,1-2H3,(H,47,52)/b7-5-,10-8+,12-11-,15-14-,23-21+. The van der Waals surface area contributed by atoms with Crippen molar-refractivity contribution in [3.8, 4) is 0 Å². The van der Waals surface area contributed by atoms with E-state index in [4.69, 9.17) is 28.4 Å². The fourth-order valence-electron chi connectivity index (χ4n) is 7.40. The van der Waals surface area contributed by atoms with Crippen molar-refractivity contribution in [2.75, 3.05) is 26.4 Å². The summed E-state index contributed by atoms with van der Waals surface area (Å²) in [5, 5.41) is 119. The molecule has 0 spiro atoms. The third kappa shape index (κ3) is 18.5. The monoisotopic (exact) mass is 932 g/mol. The molecule has 0 aromatic heterocycles. The smallest absolute Gasteiger partial charge is 0.220 e. The summed E-state index contributed by atoms with van der Waals surface area (Å²) in [6, 6.07) is -1.00. The molecule has 65 heavy (non-hydrogen) atoms. The molecule has 3 aliphatic heterocycles. The first-order valence-corrected chi connectivity index (χ1v) is 23.0. The molecule has 3 heterocycles. The molecular formula is C46H77NO18. The molecule has 12 N–H and O–H groups in total. The number of unbranched alkanes of at least 4 members (excludes halogenated alkanes) is 5. The van der Waals surface area contributed by atoms with E-state index in [1.165, 1.54) is 0 Å². The van der Waals surface area contributed by atoms with E-state index in [9.17, 15) is 61.0 Å². The Morgan fingerprint density at radius 3 is 1.68 bits per heavy atom. The van der Waals surface area contributed by atoms with Crippen LogP contribution in [0.3, 0.4) is 0 Å². The van der Waals surface area contributed by atoms with Crippen molar-refractivity contribution in [3.05, 3.63) is 60.8 Å². The quantitative estimate of drug-likeness (QED) is 0.0341. The number of amides is 1. The third-order valence-electron chi connectivity index (χ3n) is 11.3. The summed E-state index contributed by atoms with van der Waals surface area (Å²) in [7, 11) is 0. The van der Waals surface area contributed by atoms with Crippen LogP contribution in [0.4, 0.5) is 0 Å². The average molecular weight is 932 g/mol. The van der Waals surface area contributed by atoms with Crippen LogP contribution in [-0.4, -0.2) is 193 Å². The molecule has 19 nitrogen and oxygen atoms in total. The van der Waals surface area contributed by atoms with Gasteiger partial charge < -0.3 is 89.9 Å². The van der Waals surface area contributed by atoms with Crippen LogP contribution in [0, 0.1) is 0 Å². The van der Waals surface area contributed by atoms with Crippen molar-refractivity contribution in [2.45, 2.75) is 195 Å². The van der Waals surface area contributed by atoms with Gasteiger partial charge in [0.1, 0.15) is 73.2 Å². The van der Waals surface area contributed by atoms with E-state index in [1.54, 1.807) is 12.2 Å². The Morgan fingerprint density at radius 1 is 0.569 bits per heavy atom. The predicted octanol–water partition coefficient (Wildman–Crippen LogP) is -0.201. The number of aliphatic hydroxyl groups is 11. The second-order valence-corrected chi connectivity index (χ2v) is 16.5. The van der Waals surface area contributed by atoms with Crippen molar-refractivity contribution in [1.82, 2.24) is 5.32 Å². The Kier molecular flexibility index (Phi) is 27.5. The van der Waals surface area contributed by atoms with Crippen molar-refractivity contribution >= 4 is 5.91 Å². The minimum Gasteiger partial charge on any atom is -0.394 e. The molecule has 17 atom stereocenters. The molecule has 0 radical (unpaired) electrons. The van der Waals surface area contributed by atoms with Gasteiger partial charge in [0.2, 0.25) is 5.91 Å². The van der Waals surface area contributed by atoms with Gasteiger partial charge in [0, 0.05) is 6.42 Å². The highest BCUT2D eigenvalue weighted by Crippen LogP contribution is 2.33. The van der Waals surface area contributed by atoms with Crippen molar-refractivity contribution < 1.29 is 89.4 Å². The number of nitrogens with one attached hydrogen (secondary N) is 1. The van der Waals surface area contributed by atoms with Crippen LogP contribution < -0.4 is 5.32 Å². The molecule has 0 aromatic carbocycles. The Labute approximate surface area is 382 Å². The summed E-state index contributed by atoms with van der Waals surface area (Å²) in [6.07, 6.45) is 2.91. The molecule has 19 heteroatoms. The zero-order valence-electron chi connectivity index (χ0n) is 37.7. The topological polar surface area (TPSA) is 307 Å². The van der Waals surface area contributed by atoms with E-state index >= 15 is 0 Å². The van der Waals surface area contributed by atoms with Gasteiger partial charge in [0.25, 0.3) is 0 Å². The summed E-state index contributed by atoms with van der Waals surface area (Å²) >= 11 is 0. The first-order valence-electron chi connectivity index (χ1n) is 23.0. The minimum atomic E-state index is -1.98. The molecule has 3 aliphatic rings. The molecule has 3 fully saturated rings.